The summed E-state index contributed by atoms with van der Waals surface area (Å²) < 4.78 is 23.4. The lowest BCUT2D eigenvalue weighted by atomic mass is 10.2. The third-order valence-corrected chi connectivity index (χ3v) is 3.99. The maximum Gasteiger partial charge on any atom is 0.226 e. The van der Waals surface area contributed by atoms with E-state index in [1.165, 1.54) is 12.1 Å². The van der Waals surface area contributed by atoms with Gasteiger partial charge in [0.25, 0.3) is 0 Å². The first-order chi connectivity index (χ1) is 13.0. The van der Waals surface area contributed by atoms with Gasteiger partial charge in [0, 0.05) is 18.4 Å². The molecule has 0 saturated carbocycles. The van der Waals surface area contributed by atoms with Crippen LogP contribution in [0, 0.1) is 12.7 Å². The van der Waals surface area contributed by atoms with Gasteiger partial charge in [0.1, 0.15) is 11.6 Å². The van der Waals surface area contributed by atoms with Gasteiger partial charge in [-0.3, -0.25) is 4.79 Å². The Bertz CT molecular complexity index is 922. The molecule has 7 heteroatoms. The third-order valence-electron chi connectivity index (χ3n) is 3.99. The summed E-state index contributed by atoms with van der Waals surface area (Å²) in [7, 11) is 1.56. The van der Waals surface area contributed by atoms with E-state index in [4.69, 9.17) is 9.26 Å². The topological polar surface area (TPSA) is 77.2 Å². The van der Waals surface area contributed by atoms with Gasteiger partial charge in [-0.15, -0.1) is 0 Å². The molecule has 0 spiro atoms. The van der Waals surface area contributed by atoms with Gasteiger partial charge in [0.15, 0.2) is 0 Å². The number of nitrogens with zero attached hydrogens (tertiary/aromatic N) is 2. The van der Waals surface area contributed by atoms with Crippen molar-refractivity contribution in [3.63, 3.8) is 0 Å². The summed E-state index contributed by atoms with van der Waals surface area (Å²) in [5, 5.41) is 6.75. The van der Waals surface area contributed by atoms with E-state index in [-0.39, 0.29) is 11.7 Å². The number of anilines is 1. The number of methoxy groups -OCH3 is 1. The Balaban J connectivity index is 1.52. The molecule has 0 aliphatic heterocycles. The number of hydrogen-bond donors (Lipinski definition) is 1. The van der Waals surface area contributed by atoms with Crippen LogP contribution in [-0.2, 0) is 11.2 Å². The number of halogens is 1. The van der Waals surface area contributed by atoms with Crippen LogP contribution in [0.5, 0.6) is 5.75 Å². The molecule has 1 aromatic heterocycles. The average molecular weight is 369 g/mol. The number of rotatable bonds is 7. The quantitative estimate of drug-likeness (QED) is 0.677. The van der Waals surface area contributed by atoms with Crippen molar-refractivity contribution in [3.05, 3.63) is 59.7 Å². The van der Waals surface area contributed by atoms with E-state index in [1.807, 2.05) is 25.1 Å². The molecule has 0 aliphatic rings. The lowest BCUT2D eigenvalue weighted by molar-refractivity contribution is -0.116. The molecule has 140 valence electrons. The van der Waals surface area contributed by atoms with E-state index >= 15 is 0 Å². The van der Waals surface area contributed by atoms with Crippen molar-refractivity contribution in [3.8, 4) is 17.1 Å². The fourth-order valence-electron chi connectivity index (χ4n) is 2.61. The highest BCUT2D eigenvalue weighted by atomic mass is 19.1. The van der Waals surface area contributed by atoms with Crippen LogP contribution in [0.1, 0.15) is 24.3 Å². The second kappa shape index (κ2) is 8.44. The fraction of sp³-hybridized carbons (Fsp3) is 0.250. The van der Waals surface area contributed by atoms with Crippen molar-refractivity contribution in [1.29, 1.82) is 0 Å². The number of carbonyl (C=O) groups is 1. The van der Waals surface area contributed by atoms with Gasteiger partial charge in [-0.2, -0.15) is 4.98 Å². The summed E-state index contributed by atoms with van der Waals surface area (Å²) in [6.45, 7) is 1.95. The van der Waals surface area contributed by atoms with Gasteiger partial charge < -0.3 is 14.6 Å². The van der Waals surface area contributed by atoms with E-state index in [0.717, 1.165) is 5.56 Å². The molecule has 1 amide bonds. The van der Waals surface area contributed by atoms with E-state index in [1.54, 1.807) is 19.2 Å². The maximum atomic E-state index is 13.0. The highest BCUT2D eigenvalue weighted by Gasteiger charge is 2.11. The Labute approximate surface area is 156 Å². The standard InChI is InChI=1S/C20H20FN3O3/c1-13-6-11-17(26-2)16(12-13)22-18(25)4-3-5-19-23-20(24-27-19)14-7-9-15(21)10-8-14/h6-12H,3-5H2,1-2H3,(H,22,25). The lowest BCUT2D eigenvalue weighted by Gasteiger charge is -2.10. The molecule has 0 atom stereocenters. The Hall–Kier alpha value is -3.22. The number of amides is 1. The molecule has 0 aliphatic carbocycles. The number of hydrogen-bond acceptors (Lipinski definition) is 5. The van der Waals surface area contributed by atoms with E-state index in [0.29, 0.717) is 48.0 Å². The first-order valence-corrected chi connectivity index (χ1v) is 8.58. The number of aryl methyl sites for hydroxylation is 2. The summed E-state index contributed by atoms with van der Waals surface area (Å²) >= 11 is 0. The molecular weight excluding hydrogens is 349 g/mol. The number of benzene rings is 2. The van der Waals surface area contributed by atoms with Gasteiger partial charge in [0.2, 0.25) is 17.6 Å². The molecule has 3 aromatic rings. The second-order valence-electron chi connectivity index (χ2n) is 6.12. The molecule has 6 nitrogen and oxygen atoms in total. The van der Waals surface area contributed by atoms with Gasteiger partial charge in [-0.25, -0.2) is 4.39 Å². The summed E-state index contributed by atoms with van der Waals surface area (Å²) in [6.07, 6.45) is 1.35. The van der Waals surface area contributed by atoms with Crippen molar-refractivity contribution < 1.29 is 18.4 Å². The van der Waals surface area contributed by atoms with Crippen LogP contribution in [-0.4, -0.2) is 23.2 Å². The number of ether oxygens (including phenoxy) is 1. The van der Waals surface area contributed by atoms with Crippen molar-refractivity contribution in [2.24, 2.45) is 0 Å². The van der Waals surface area contributed by atoms with Gasteiger partial charge in [0.05, 0.1) is 12.8 Å². The minimum absolute atomic E-state index is 0.114. The van der Waals surface area contributed by atoms with Gasteiger partial charge >= 0.3 is 0 Å². The molecule has 0 fully saturated rings. The van der Waals surface area contributed by atoms with E-state index in [9.17, 15) is 9.18 Å². The molecule has 0 saturated heterocycles. The third kappa shape index (κ3) is 4.91. The Morgan fingerprint density at radius 2 is 2.00 bits per heavy atom. The van der Waals surface area contributed by atoms with Crippen LogP contribution < -0.4 is 10.1 Å². The first kappa shape index (κ1) is 18.6. The molecule has 1 N–H and O–H groups in total. The van der Waals surface area contributed by atoms with Crippen molar-refractivity contribution >= 4 is 11.6 Å². The molecule has 0 radical (unpaired) electrons. The Kier molecular flexibility index (Phi) is 5.80. The SMILES string of the molecule is COc1ccc(C)cc1NC(=O)CCCc1nc(-c2ccc(F)cc2)no1. The lowest BCUT2D eigenvalue weighted by Crippen LogP contribution is -2.12. The molecular formula is C20H20FN3O3. The number of carbonyl (C=O) groups excluding carboxylic acids is 1. The van der Waals surface area contributed by atoms with Crippen molar-refractivity contribution in [2.75, 3.05) is 12.4 Å². The van der Waals surface area contributed by atoms with Crippen LogP contribution in [0.15, 0.2) is 47.0 Å². The van der Waals surface area contributed by atoms with Crippen molar-refractivity contribution in [1.82, 2.24) is 10.1 Å². The first-order valence-electron chi connectivity index (χ1n) is 8.58. The molecule has 0 unspecified atom stereocenters. The zero-order valence-corrected chi connectivity index (χ0v) is 15.2. The Morgan fingerprint density at radius 1 is 1.22 bits per heavy atom. The van der Waals surface area contributed by atoms with Gasteiger partial charge in [-0.05, 0) is 55.3 Å². The average Bonchev–Trinajstić information content (AvgIpc) is 3.11. The van der Waals surface area contributed by atoms with Crippen LogP contribution in [0.4, 0.5) is 10.1 Å². The highest BCUT2D eigenvalue weighted by molar-refractivity contribution is 5.92. The zero-order valence-electron chi connectivity index (χ0n) is 15.2. The van der Waals surface area contributed by atoms with Gasteiger partial charge in [-0.1, -0.05) is 11.2 Å². The molecule has 27 heavy (non-hydrogen) atoms. The number of nitrogens with one attached hydrogen (secondary N) is 1. The number of aromatic nitrogens is 2. The summed E-state index contributed by atoms with van der Waals surface area (Å²) in [6, 6.07) is 11.5. The molecule has 3 rings (SSSR count). The van der Waals surface area contributed by atoms with Crippen LogP contribution in [0.2, 0.25) is 0 Å². The van der Waals surface area contributed by atoms with E-state index in [2.05, 4.69) is 15.5 Å². The summed E-state index contributed by atoms with van der Waals surface area (Å²) in [4.78, 5) is 16.4. The Morgan fingerprint density at radius 3 is 2.74 bits per heavy atom. The van der Waals surface area contributed by atoms with Crippen LogP contribution in [0.3, 0.4) is 0 Å². The monoisotopic (exact) mass is 369 g/mol. The molecule has 1 heterocycles. The largest absolute Gasteiger partial charge is 0.495 e. The zero-order chi connectivity index (χ0) is 19.2. The predicted octanol–water partition coefficient (Wildman–Crippen LogP) is 4.15. The summed E-state index contributed by atoms with van der Waals surface area (Å²) in [5.41, 5.74) is 2.36. The molecule has 2 aromatic carbocycles. The van der Waals surface area contributed by atoms with E-state index < -0.39 is 0 Å². The van der Waals surface area contributed by atoms with Crippen molar-refractivity contribution in [2.45, 2.75) is 26.2 Å². The van der Waals surface area contributed by atoms with Crippen LogP contribution >= 0.6 is 0 Å². The minimum atomic E-state index is -0.321. The highest BCUT2D eigenvalue weighted by Crippen LogP contribution is 2.25. The predicted molar refractivity (Wildman–Crippen MR) is 99.0 cm³/mol. The minimum Gasteiger partial charge on any atom is -0.495 e. The summed E-state index contributed by atoms with van der Waals surface area (Å²) in [5.74, 6) is 1.03. The smallest absolute Gasteiger partial charge is 0.226 e. The fourth-order valence-corrected chi connectivity index (χ4v) is 2.61. The second-order valence-corrected chi connectivity index (χ2v) is 6.12. The van der Waals surface area contributed by atoms with Crippen LogP contribution in [0.25, 0.3) is 11.4 Å². The molecule has 0 bridgehead atoms. The normalized spacial score (nSPS) is 10.6. The maximum absolute atomic E-state index is 13.0.